The number of hydrogen-bond donors (Lipinski definition) is 1. The number of ether oxygens (including phenoxy) is 2. The first kappa shape index (κ1) is 24.9. The van der Waals surface area contributed by atoms with E-state index in [0.717, 1.165) is 16.7 Å². The molecule has 184 valence electrons. The molecule has 9 heteroatoms. The summed E-state index contributed by atoms with van der Waals surface area (Å²) >= 11 is 0. The average molecular weight is 504 g/mol. The number of carbonyl (C=O) groups excluding carboxylic acids is 1. The molecule has 0 amide bonds. The standard InChI is InChI=1S/C27H25N3O5S/c1-18-14-21(19-6-4-12-28-16-19)15-24(27(31)35-3)25(18)30-17-20-7-5-13-29-26(20)36(32,33)23-10-8-22(34-2)9-11-23/h4-16,30H,17H2,1-3H3. The predicted octanol–water partition coefficient (Wildman–Crippen LogP) is 4.69. The number of aromatic nitrogens is 2. The molecule has 0 aliphatic heterocycles. The van der Waals surface area contributed by atoms with Crippen molar-refractivity contribution in [2.75, 3.05) is 19.5 Å². The molecule has 1 N–H and O–H groups in total. The lowest BCUT2D eigenvalue weighted by Gasteiger charge is -2.17. The summed E-state index contributed by atoms with van der Waals surface area (Å²) < 4.78 is 36.8. The highest BCUT2D eigenvalue weighted by Gasteiger charge is 2.24. The summed E-state index contributed by atoms with van der Waals surface area (Å²) in [4.78, 5) is 21.1. The normalized spacial score (nSPS) is 11.1. The fourth-order valence-corrected chi connectivity index (χ4v) is 5.25. The summed E-state index contributed by atoms with van der Waals surface area (Å²) in [5, 5.41) is 3.17. The summed E-state index contributed by atoms with van der Waals surface area (Å²) in [7, 11) is -1.06. The van der Waals surface area contributed by atoms with E-state index in [4.69, 9.17) is 9.47 Å². The molecule has 2 aromatic heterocycles. The Morgan fingerprint density at radius 3 is 2.39 bits per heavy atom. The quantitative estimate of drug-likeness (QED) is 0.345. The highest BCUT2D eigenvalue weighted by Crippen LogP contribution is 2.31. The van der Waals surface area contributed by atoms with E-state index in [1.54, 1.807) is 42.7 Å². The van der Waals surface area contributed by atoms with Gasteiger partial charge >= 0.3 is 5.97 Å². The Labute approximate surface area is 209 Å². The molecule has 0 saturated heterocycles. The van der Waals surface area contributed by atoms with Gasteiger partial charge < -0.3 is 14.8 Å². The monoisotopic (exact) mass is 503 g/mol. The van der Waals surface area contributed by atoms with E-state index in [9.17, 15) is 13.2 Å². The minimum Gasteiger partial charge on any atom is -0.497 e. The van der Waals surface area contributed by atoms with Gasteiger partial charge in [-0.05, 0) is 66.6 Å². The van der Waals surface area contributed by atoms with Crippen LogP contribution in [0.5, 0.6) is 5.75 Å². The highest BCUT2D eigenvalue weighted by molar-refractivity contribution is 7.91. The fourth-order valence-electron chi connectivity index (χ4n) is 3.84. The smallest absolute Gasteiger partial charge is 0.339 e. The Hall–Kier alpha value is -4.24. The third kappa shape index (κ3) is 5.06. The van der Waals surface area contributed by atoms with Crippen molar-refractivity contribution in [2.45, 2.75) is 23.4 Å². The van der Waals surface area contributed by atoms with Crippen LogP contribution in [-0.4, -0.2) is 38.6 Å². The molecule has 36 heavy (non-hydrogen) atoms. The lowest BCUT2D eigenvalue weighted by molar-refractivity contribution is 0.0601. The van der Waals surface area contributed by atoms with Crippen LogP contribution in [0.2, 0.25) is 0 Å². The van der Waals surface area contributed by atoms with Gasteiger partial charge in [-0.25, -0.2) is 18.2 Å². The Morgan fingerprint density at radius 2 is 1.72 bits per heavy atom. The predicted molar refractivity (Wildman–Crippen MR) is 136 cm³/mol. The Morgan fingerprint density at radius 1 is 0.972 bits per heavy atom. The first-order valence-electron chi connectivity index (χ1n) is 11.1. The molecular formula is C27H25N3O5S. The third-order valence-corrected chi connectivity index (χ3v) is 7.44. The van der Waals surface area contributed by atoms with Gasteiger partial charge in [-0.1, -0.05) is 12.1 Å². The summed E-state index contributed by atoms with van der Waals surface area (Å²) in [6, 6.07) is 16.9. The van der Waals surface area contributed by atoms with Gasteiger partial charge in [0.25, 0.3) is 0 Å². The lowest BCUT2D eigenvalue weighted by Crippen LogP contribution is -2.14. The second kappa shape index (κ2) is 10.6. The maximum absolute atomic E-state index is 13.3. The zero-order valence-corrected chi connectivity index (χ0v) is 20.9. The molecule has 0 spiro atoms. The minimum atomic E-state index is -3.89. The van der Waals surface area contributed by atoms with Crippen molar-refractivity contribution in [1.29, 1.82) is 0 Å². The maximum Gasteiger partial charge on any atom is 0.339 e. The molecule has 0 atom stereocenters. The van der Waals surface area contributed by atoms with Crippen molar-refractivity contribution >= 4 is 21.5 Å². The molecule has 2 aromatic carbocycles. The Bertz CT molecular complexity index is 1490. The van der Waals surface area contributed by atoms with Crippen molar-refractivity contribution in [3.63, 3.8) is 0 Å². The van der Waals surface area contributed by atoms with Gasteiger partial charge in [-0.3, -0.25) is 4.98 Å². The summed E-state index contributed by atoms with van der Waals surface area (Å²) in [5.74, 6) is 0.0426. The van der Waals surface area contributed by atoms with E-state index in [0.29, 0.717) is 22.6 Å². The minimum absolute atomic E-state index is 0.0630. The van der Waals surface area contributed by atoms with Gasteiger partial charge in [-0.15, -0.1) is 0 Å². The van der Waals surface area contributed by atoms with Crippen LogP contribution in [0.15, 0.2) is 89.2 Å². The fraction of sp³-hybridized carbons (Fsp3) is 0.148. The van der Waals surface area contributed by atoms with E-state index < -0.39 is 15.8 Å². The van der Waals surface area contributed by atoms with E-state index in [-0.39, 0.29) is 16.5 Å². The number of benzene rings is 2. The summed E-state index contributed by atoms with van der Waals surface area (Å²) in [5.41, 5.74) is 3.80. The van der Waals surface area contributed by atoms with Gasteiger partial charge in [0.1, 0.15) is 5.75 Å². The Kier molecular flexibility index (Phi) is 7.30. The number of nitrogens with one attached hydrogen (secondary N) is 1. The van der Waals surface area contributed by atoms with Crippen LogP contribution in [0.4, 0.5) is 5.69 Å². The molecule has 4 aromatic rings. The van der Waals surface area contributed by atoms with Gasteiger partial charge in [0.05, 0.1) is 30.4 Å². The van der Waals surface area contributed by atoms with Gasteiger partial charge in [0.2, 0.25) is 9.84 Å². The molecule has 0 radical (unpaired) electrons. The molecule has 2 heterocycles. The molecular weight excluding hydrogens is 478 g/mol. The molecule has 4 rings (SSSR count). The third-order valence-electron chi connectivity index (χ3n) is 5.67. The van der Waals surface area contributed by atoms with Crippen molar-refractivity contribution < 1.29 is 22.7 Å². The molecule has 0 bridgehead atoms. The number of esters is 1. The number of nitrogens with zero attached hydrogens (tertiary/aromatic N) is 2. The SMILES string of the molecule is COC(=O)c1cc(-c2cccnc2)cc(C)c1NCc1cccnc1S(=O)(=O)c1ccc(OC)cc1. The number of methoxy groups -OCH3 is 2. The zero-order chi connectivity index (χ0) is 25.7. The first-order chi connectivity index (χ1) is 17.3. The second-order valence-electron chi connectivity index (χ2n) is 7.95. The van der Waals surface area contributed by atoms with E-state index >= 15 is 0 Å². The largest absolute Gasteiger partial charge is 0.497 e. The van der Waals surface area contributed by atoms with Crippen LogP contribution in [0.1, 0.15) is 21.5 Å². The van der Waals surface area contributed by atoms with Crippen LogP contribution in [0, 0.1) is 6.92 Å². The molecule has 0 unspecified atom stereocenters. The van der Waals surface area contributed by atoms with Crippen molar-refractivity contribution in [1.82, 2.24) is 9.97 Å². The van der Waals surface area contributed by atoms with Crippen molar-refractivity contribution in [2.24, 2.45) is 0 Å². The molecule has 0 aliphatic rings. The lowest BCUT2D eigenvalue weighted by atomic mass is 9.99. The number of sulfone groups is 1. The second-order valence-corrected chi connectivity index (χ2v) is 9.81. The highest BCUT2D eigenvalue weighted by atomic mass is 32.2. The Balaban J connectivity index is 1.69. The van der Waals surface area contributed by atoms with Crippen LogP contribution in [0.25, 0.3) is 11.1 Å². The summed E-state index contributed by atoms with van der Waals surface area (Å²) in [6.07, 6.45) is 4.83. The number of carbonyl (C=O) groups is 1. The van der Waals surface area contributed by atoms with Crippen LogP contribution >= 0.6 is 0 Å². The van der Waals surface area contributed by atoms with Gasteiger partial charge in [0.15, 0.2) is 5.03 Å². The van der Waals surface area contributed by atoms with E-state index in [1.165, 1.54) is 32.5 Å². The number of rotatable bonds is 8. The number of pyridine rings is 2. The molecule has 0 aliphatic carbocycles. The van der Waals surface area contributed by atoms with Gasteiger partial charge in [-0.2, -0.15) is 0 Å². The van der Waals surface area contributed by atoms with Crippen LogP contribution in [-0.2, 0) is 21.1 Å². The number of hydrogen-bond acceptors (Lipinski definition) is 8. The average Bonchev–Trinajstić information content (AvgIpc) is 2.92. The van der Waals surface area contributed by atoms with Crippen LogP contribution in [0.3, 0.4) is 0 Å². The number of aryl methyl sites for hydroxylation is 1. The van der Waals surface area contributed by atoms with E-state index in [1.807, 2.05) is 25.1 Å². The zero-order valence-electron chi connectivity index (χ0n) is 20.1. The maximum atomic E-state index is 13.3. The number of anilines is 1. The molecule has 0 fully saturated rings. The first-order valence-corrected chi connectivity index (χ1v) is 12.5. The summed E-state index contributed by atoms with van der Waals surface area (Å²) in [6.45, 7) is 1.99. The molecule has 8 nitrogen and oxygen atoms in total. The van der Waals surface area contributed by atoms with Crippen molar-refractivity contribution in [3.8, 4) is 16.9 Å². The molecule has 0 saturated carbocycles. The van der Waals surface area contributed by atoms with E-state index in [2.05, 4.69) is 15.3 Å². The van der Waals surface area contributed by atoms with Crippen molar-refractivity contribution in [3.05, 3.63) is 95.9 Å². The van der Waals surface area contributed by atoms with Crippen LogP contribution < -0.4 is 10.1 Å². The van der Waals surface area contributed by atoms with Gasteiger partial charge in [0, 0.05) is 36.3 Å². The topological polar surface area (TPSA) is 107 Å².